The third-order valence-corrected chi connectivity index (χ3v) is 4.43. The topological polar surface area (TPSA) is 88.4 Å². The molecule has 1 N–H and O–H groups in total. The van der Waals surface area contributed by atoms with Gasteiger partial charge in [0.1, 0.15) is 5.69 Å². The van der Waals surface area contributed by atoms with E-state index in [1.165, 1.54) is 6.07 Å². The molecule has 0 bridgehead atoms. The number of benzene rings is 1. The Bertz CT molecular complexity index is 773. The first-order valence-corrected chi connectivity index (χ1v) is 8.30. The van der Waals surface area contributed by atoms with E-state index in [1.54, 1.807) is 24.5 Å². The van der Waals surface area contributed by atoms with Gasteiger partial charge in [0.05, 0.1) is 11.0 Å². The number of anilines is 1. The van der Waals surface area contributed by atoms with Crippen LogP contribution in [0.1, 0.15) is 41.7 Å². The number of rotatable bonds is 5. The lowest BCUT2D eigenvalue weighted by Crippen LogP contribution is -2.27. The first kappa shape index (κ1) is 16.9. The average molecular weight is 340 g/mol. The summed E-state index contributed by atoms with van der Waals surface area (Å²) in [6.45, 7) is 3.48. The fourth-order valence-electron chi connectivity index (χ4n) is 3.05. The van der Waals surface area contributed by atoms with Crippen LogP contribution in [0, 0.1) is 10.1 Å². The van der Waals surface area contributed by atoms with Gasteiger partial charge in [0, 0.05) is 37.1 Å². The van der Waals surface area contributed by atoms with E-state index in [1.807, 2.05) is 24.0 Å². The molecule has 0 radical (unpaired) electrons. The van der Waals surface area contributed by atoms with Gasteiger partial charge in [0.15, 0.2) is 0 Å². The smallest absolute Gasteiger partial charge is 0.293 e. The number of amides is 1. The molecule has 0 saturated carbocycles. The van der Waals surface area contributed by atoms with Crippen molar-refractivity contribution < 1.29 is 9.72 Å². The number of aromatic nitrogens is 1. The maximum absolute atomic E-state index is 12.5. The Balaban J connectivity index is 1.80. The normalized spacial score (nSPS) is 15.0. The molecule has 1 saturated heterocycles. The summed E-state index contributed by atoms with van der Waals surface area (Å²) in [5.41, 5.74) is 1.77. The van der Waals surface area contributed by atoms with Crippen molar-refractivity contribution in [1.29, 1.82) is 0 Å². The number of carbonyl (C=O) groups is 1. The van der Waals surface area contributed by atoms with Crippen molar-refractivity contribution in [2.75, 3.05) is 18.0 Å². The summed E-state index contributed by atoms with van der Waals surface area (Å²) < 4.78 is 0. The number of carbonyl (C=O) groups excluding carboxylic acids is 1. The average Bonchev–Trinajstić information content (AvgIpc) is 3.16. The van der Waals surface area contributed by atoms with Crippen molar-refractivity contribution in [1.82, 2.24) is 10.3 Å². The van der Waals surface area contributed by atoms with Crippen LogP contribution in [-0.4, -0.2) is 28.9 Å². The zero-order valence-corrected chi connectivity index (χ0v) is 14.0. The van der Waals surface area contributed by atoms with Gasteiger partial charge in [-0.1, -0.05) is 0 Å². The first-order chi connectivity index (χ1) is 12.1. The minimum Gasteiger partial charge on any atom is -0.366 e. The number of nitro groups is 1. The van der Waals surface area contributed by atoms with Crippen LogP contribution in [0.5, 0.6) is 0 Å². The highest BCUT2D eigenvalue weighted by molar-refractivity contribution is 5.96. The van der Waals surface area contributed by atoms with E-state index in [0.29, 0.717) is 5.69 Å². The van der Waals surface area contributed by atoms with Gasteiger partial charge in [-0.2, -0.15) is 0 Å². The molecule has 0 spiro atoms. The van der Waals surface area contributed by atoms with E-state index in [0.717, 1.165) is 31.5 Å². The zero-order chi connectivity index (χ0) is 17.8. The predicted octanol–water partition coefficient (Wildman–Crippen LogP) is 3.08. The maximum Gasteiger partial charge on any atom is 0.293 e. The lowest BCUT2D eigenvalue weighted by Gasteiger charge is -2.18. The Morgan fingerprint density at radius 3 is 2.56 bits per heavy atom. The third kappa shape index (κ3) is 3.76. The lowest BCUT2D eigenvalue weighted by molar-refractivity contribution is -0.384. The van der Waals surface area contributed by atoms with E-state index >= 15 is 0 Å². The molecule has 2 heterocycles. The summed E-state index contributed by atoms with van der Waals surface area (Å²) in [4.78, 5) is 29.4. The molecule has 2 aromatic rings. The second-order valence-corrected chi connectivity index (χ2v) is 6.13. The number of hydrogen-bond acceptors (Lipinski definition) is 5. The second kappa shape index (κ2) is 7.29. The number of hydrogen-bond donors (Lipinski definition) is 1. The van der Waals surface area contributed by atoms with E-state index in [-0.39, 0.29) is 23.2 Å². The van der Waals surface area contributed by atoms with Crippen molar-refractivity contribution in [3.63, 3.8) is 0 Å². The SMILES string of the molecule is CC(NC(=O)c1ccc(N2CCCC2)c([N+](=O)[O-])c1)c1ccncc1. The van der Waals surface area contributed by atoms with Crippen molar-refractivity contribution in [3.8, 4) is 0 Å². The molecule has 25 heavy (non-hydrogen) atoms. The van der Waals surface area contributed by atoms with Gasteiger partial charge in [-0.15, -0.1) is 0 Å². The minimum atomic E-state index is -0.420. The Morgan fingerprint density at radius 1 is 1.24 bits per heavy atom. The van der Waals surface area contributed by atoms with E-state index in [9.17, 15) is 14.9 Å². The molecule has 1 aliphatic rings. The first-order valence-electron chi connectivity index (χ1n) is 8.30. The van der Waals surface area contributed by atoms with Crippen molar-refractivity contribution in [3.05, 3.63) is 64.0 Å². The van der Waals surface area contributed by atoms with Crippen LogP contribution < -0.4 is 10.2 Å². The molecule has 1 atom stereocenters. The summed E-state index contributed by atoms with van der Waals surface area (Å²) in [5, 5.41) is 14.3. The Hall–Kier alpha value is -2.96. The third-order valence-electron chi connectivity index (χ3n) is 4.43. The second-order valence-electron chi connectivity index (χ2n) is 6.13. The van der Waals surface area contributed by atoms with Gasteiger partial charge in [0.25, 0.3) is 11.6 Å². The quantitative estimate of drug-likeness (QED) is 0.667. The van der Waals surface area contributed by atoms with Crippen LogP contribution in [0.3, 0.4) is 0 Å². The summed E-state index contributed by atoms with van der Waals surface area (Å²) in [7, 11) is 0. The van der Waals surface area contributed by atoms with Crippen molar-refractivity contribution in [2.45, 2.75) is 25.8 Å². The number of nitrogens with one attached hydrogen (secondary N) is 1. The van der Waals surface area contributed by atoms with Crippen LogP contribution in [0.15, 0.2) is 42.7 Å². The molecule has 3 rings (SSSR count). The van der Waals surface area contributed by atoms with Gasteiger partial charge in [0.2, 0.25) is 0 Å². The largest absolute Gasteiger partial charge is 0.366 e. The highest BCUT2D eigenvalue weighted by Gasteiger charge is 2.24. The molecule has 1 amide bonds. The van der Waals surface area contributed by atoms with Gasteiger partial charge < -0.3 is 10.2 Å². The molecule has 1 aliphatic heterocycles. The lowest BCUT2D eigenvalue weighted by atomic mass is 10.1. The van der Waals surface area contributed by atoms with Gasteiger partial charge in [-0.25, -0.2) is 0 Å². The van der Waals surface area contributed by atoms with Crippen LogP contribution in [0.4, 0.5) is 11.4 Å². The molecule has 1 unspecified atom stereocenters. The van der Waals surface area contributed by atoms with Crippen LogP contribution >= 0.6 is 0 Å². The fraction of sp³-hybridized carbons (Fsp3) is 0.333. The molecular formula is C18H20N4O3. The molecular weight excluding hydrogens is 320 g/mol. The zero-order valence-electron chi connectivity index (χ0n) is 14.0. The molecule has 7 heteroatoms. The summed E-state index contributed by atoms with van der Waals surface area (Å²) >= 11 is 0. The molecule has 7 nitrogen and oxygen atoms in total. The number of pyridine rings is 1. The van der Waals surface area contributed by atoms with Crippen LogP contribution in [0.25, 0.3) is 0 Å². The number of nitrogens with zero attached hydrogens (tertiary/aromatic N) is 3. The number of nitro benzene ring substituents is 1. The van der Waals surface area contributed by atoms with E-state index in [2.05, 4.69) is 10.3 Å². The van der Waals surface area contributed by atoms with E-state index in [4.69, 9.17) is 0 Å². The fourth-order valence-corrected chi connectivity index (χ4v) is 3.05. The monoisotopic (exact) mass is 340 g/mol. The van der Waals surface area contributed by atoms with Crippen molar-refractivity contribution >= 4 is 17.3 Å². The molecule has 1 aromatic carbocycles. The highest BCUT2D eigenvalue weighted by Crippen LogP contribution is 2.31. The van der Waals surface area contributed by atoms with E-state index < -0.39 is 4.92 Å². The maximum atomic E-state index is 12.5. The summed E-state index contributed by atoms with van der Waals surface area (Å²) in [6, 6.07) is 8.12. The van der Waals surface area contributed by atoms with Gasteiger partial charge in [-0.05, 0) is 49.6 Å². The Kier molecular flexibility index (Phi) is 4.92. The molecule has 0 aliphatic carbocycles. The molecule has 1 aromatic heterocycles. The standard InChI is InChI=1S/C18H20N4O3/c1-13(14-6-8-19-9-7-14)20-18(23)15-4-5-16(17(12-15)22(24)25)21-10-2-3-11-21/h4-9,12-13H,2-3,10-11H2,1H3,(H,20,23). The summed E-state index contributed by atoms with van der Waals surface area (Å²) in [6.07, 6.45) is 5.38. The van der Waals surface area contributed by atoms with Crippen LogP contribution in [0.2, 0.25) is 0 Å². The molecule has 130 valence electrons. The summed E-state index contributed by atoms with van der Waals surface area (Å²) in [5.74, 6) is -0.333. The van der Waals surface area contributed by atoms with Crippen molar-refractivity contribution in [2.24, 2.45) is 0 Å². The highest BCUT2D eigenvalue weighted by atomic mass is 16.6. The minimum absolute atomic E-state index is 0.0221. The van der Waals surface area contributed by atoms with Gasteiger partial charge >= 0.3 is 0 Å². The Labute approximate surface area is 145 Å². The molecule has 1 fully saturated rings. The Morgan fingerprint density at radius 2 is 1.92 bits per heavy atom. The van der Waals surface area contributed by atoms with Gasteiger partial charge in [-0.3, -0.25) is 19.9 Å². The van der Waals surface area contributed by atoms with Crippen LogP contribution in [-0.2, 0) is 0 Å². The predicted molar refractivity (Wildman–Crippen MR) is 94.7 cm³/mol.